The fourth-order valence-corrected chi connectivity index (χ4v) is 3.32. The van der Waals surface area contributed by atoms with Gasteiger partial charge >= 0.3 is 6.18 Å². The van der Waals surface area contributed by atoms with Gasteiger partial charge in [0.1, 0.15) is 5.75 Å². The molecule has 0 N–H and O–H groups in total. The van der Waals surface area contributed by atoms with Crippen LogP contribution < -0.4 is 15.9 Å². The SMILES string of the molecule is CC(F)(F)c1cc(Cn2cnc(C(F)(F)F)c(Oc3cc(Cl)cc(C#N)c3)c2=O)nn(P)c1=O. The van der Waals surface area contributed by atoms with Crippen LogP contribution in [0, 0.1) is 11.3 Å². The van der Waals surface area contributed by atoms with E-state index >= 15 is 0 Å². The van der Waals surface area contributed by atoms with Gasteiger partial charge in [-0.3, -0.25) is 14.2 Å². The number of nitrogens with zero attached hydrogens (tertiary/aromatic N) is 5. The molecule has 0 aliphatic rings. The normalized spacial score (nSPS) is 11.9. The number of hydrogen-bond donors (Lipinski definition) is 0. The Kier molecular flexibility index (Phi) is 6.78. The molecular formula is C19H12ClF5N5O3P. The molecule has 2 aromatic heterocycles. The maximum atomic E-state index is 13.8. The van der Waals surface area contributed by atoms with Gasteiger partial charge in [0.25, 0.3) is 17.0 Å². The number of alkyl halides is 5. The summed E-state index contributed by atoms with van der Waals surface area (Å²) in [7, 11) is 1.81. The standard InChI is InChI=1S/C19H12ClF5N5O3P/c1-18(21,22)13-5-11(28-30(34)16(13)31)7-29-8-27-15(19(23,24)25)14(17(29)32)33-12-3-9(6-26)2-10(20)4-12/h2-5,8H,7,34H2,1H3. The van der Waals surface area contributed by atoms with Crippen LogP contribution >= 0.6 is 21.0 Å². The Morgan fingerprint density at radius 3 is 2.41 bits per heavy atom. The first-order valence-electron chi connectivity index (χ1n) is 9.02. The van der Waals surface area contributed by atoms with Gasteiger partial charge in [-0.1, -0.05) is 11.6 Å². The van der Waals surface area contributed by atoms with Crippen molar-refractivity contribution in [1.82, 2.24) is 19.1 Å². The lowest BCUT2D eigenvalue weighted by Gasteiger charge is -2.16. The number of rotatable bonds is 5. The van der Waals surface area contributed by atoms with E-state index in [1.165, 1.54) is 6.07 Å². The van der Waals surface area contributed by atoms with E-state index in [4.69, 9.17) is 21.6 Å². The number of ether oxygens (including phenoxy) is 1. The molecule has 0 saturated heterocycles. The Bertz CT molecular complexity index is 1430. The molecule has 2 heterocycles. The lowest BCUT2D eigenvalue weighted by molar-refractivity contribution is -0.142. The van der Waals surface area contributed by atoms with Crippen molar-refractivity contribution in [3.63, 3.8) is 0 Å². The largest absolute Gasteiger partial charge is 0.449 e. The van der Waals surface area contributed by atoms with Gasteiger partial charge in [0.15, 0.2) is 5.69 Å². The number of aromatic nitrogens is 4. The summed E-state index contributed by atoms with van der Waals surface area (Å²) in [6.45, 7) is -0.131. The molecule has 0 saturated carbocycles. The van der Waals surface area contributed by atoms with Gasteiger partial charge in [-0.25, -0.2) is 18.2 Å². The highest BCUT2D eigenvalue weighted by atomic mass is 35.5. The Morgan fingerprint density at radius 2 is 1.82 bits per heavy atom. The molecular weight excluding hydrogens is 508 g/mol. The van der Waals surface area contributed by atoms with Crippen molar-refractivity contribution < 1.29 is 26.7 Å². The third kappa shape index (κ3) is 5.40. The Morgan fingerprint density at radius 1 is 1.15 bits per heavy atom. The molecule has 8 nitrogen and oxygen atoms in total. The van der Waals surface area contributed by atoms with Crippen molar-refractivity contribution in [2.75, 3.05) is 0 Å². The highest BCUT2D eigenvalue weighted by molar-refractivity contribution is 7.14. The van der Waals surface area contributed by atoms with Crippen molar-refractivity contribution in [3.8, 4) is 17.6 Å². The molecule has 1 unspecified atom stereocenters. The second-order valence-electron chi connectivity index (χ2n) is 6.93. The maximum absolute atomic E-state index is 13.8. The predicted molar refractivity (Wildman–Crippen MR) is 112 cm³/mol. The predicted octanol–water partition coefficient (Wildman–Crippen LogP) is 3.93. The average Bonchev–Trinajstić information content (AvgIpc) is 2.71. The molecule has 178 valence electrons. The van der Waals surface area contributed by atoms with Crippen molar-refractivity contribution in [2.45, 2.75) is 25.6 Å². The zero-order chi connectivity index (χ0) is 25.4. The molecule has 0 radical (unpaired) electrons. The lowest BCUT2D eigenvalue weighted by Crippen LogP contribution is -2.30. The summed E-state index contributed by atoms with van der Waals surface area (Å²) in [5.41, 5.74) is -5.31. The van der Waals surface area contributed by atoms with Gasteiger partial charge in [0, 0.05) is 11.9 Å². The van der Waals surface area contributed by atoms with Crippen LogP contribution in [0.3, 0.4) is 0 Å². The van der Waals surface area contributed by atoms with Crippen molar-refractivity contribution in [1.29, 1.82) is 5.26 Å². The Balaban J connectivity index is 2.13. The van der Waals surface area contributed by atoms with Crippen molar-refractivity contribution in [2.24, 2.45) is 0 Å². The molecule has 0 amide bonds. The topological polar surface area (TPSA) is 103 Å². The minimum absolute atomic E-state index is 0.0354. The smallest absolute Gasteiger partial charge is 0.437 e. The first kappa shape index (κ1) is 25.3. The van der Waals surface area contributed by atoms with E-state index in [1.807, 2.05) is 0 Å². The van der Waals surface area contributed by atoms with Gasteiger partial charge in [-0.05, 0) is 33.7 Å². The number of halogens is 6. The molecule has 1 atom stereocenters. The third-order valence-corrected chi connectivity index (χ3v) is 4.84. The van der Waals surface area contributed by atoms with Crippen LogP contribution in [-0.2, 0) is 18.6 Å². The summed E-state index contributed by atoms with van der Waals surface area (Å²) in [4.78, 5) is 28.0. The van der Waals surface area contributed by atoms with Gasteiger partial charge in [0.05, 0.1) is 35.8 Å². The van der Waals surface area contributed by atoms with Crippen LogP contribution in [0.25, 0.3) is 0 Å². The van der Waals surface area contributed by atoms with Crippen molar-refractivity contribution in [3.05, 3.63) is 78.8 Å². The second kappa shape index (κ2) is 9.12. The fraction of sp³-hybridized carbons (Fsp3) is 0.211. The fourth-order valence-electron chi connectivity index (χ4n) is 2.81. The summed E-state index contributed by atoms with van der Waals surface area (Å²) < 4.78 is 74.3. The molecule has 15 heteroatoms. The molecule has 0 spiro atoms. The minimum atomic E-state index is -5.09. The number of nitriles is 1. The summed E-state index contributed by atoms with van der Waals surface area (Å²) in [5, 5.41) is 12.7. The van der Waals surface area contributed by atoms with Crippen LogP contribution in [0.15, 0.2) is 40.2 Å². The number of benzene rings is 1. The van der Waals surface area contributed by atoms with E-state index in [0.29, 0.717) is 22.3 Å². The first-order chi connectivity index (χ1) is 15.7. The molecule has 0 bridgehead atoms. The van der Waals surface area contributed by atoms with Gasteiger partial charge in [-0.2, -0.15) is 23.5 Å². The average molecular weight is 520 g/mol. The maximum Gasteiger partial charge on any atom is 0.437 e. The van der Waals surface area contributed by atoms with E-state index in [2.05, 4.69) is 10.1 Å². The van der Waals surface area contributed by atoms with Crippen LogP contribution in [0.1, 0.15) is 29.4 Å². The number of hydrogen-bond acceptors (Lipinski definition) is 6. The molecule has 34 heavy (non-hydrogen) atoms. The highest BCUT2D eigenvalue weighted by Gasteiger charge is 2.39. The molecule has 3 rings (SSSR count). The molecule has 0 aliphatic carbocycles. The second-order valence-corrected chi connectivity index (χ2v) is 7.86. The zero-order valence-corrected chi connectivity index (χ0v) is 18.8. The van der Waals surface area contributed by atoms with Crippen LogP contribution in [-0.4, -0.2) is 19.1 Å². The minimum Gasteiger partial charge on any atom is -0.449 e. The van der Waals surface area contributed by atoms with E-state index in [1.54, 1.807) is 15.5 Å². The summed E-state index contributed by atoms with van der Waals surface area (Å²) >= 11 is 5.83. The summed E-state index contributed by atoms with van der Waals surface area (Å²) in [6, 6.07) is 5.85. The Labute approximate surface area is 194 Å². The van der Waals surface area contributed by atoms with Crippen LogP contribution in [0.4, 0.5) is 22.0 Å². The van der Waals surface area contributed by atoms with Gasteiger partial charge < -0.3 is 4.74 Å². The molecule has 1 aromatic carbocycles. The first-order valence-corrected chi connectivity index (χ1v) is 9.92. The van der Waals surface area contributed by atoms with Crippen LogP contribution in [0.5, 0.6) is 11.5 Å². The van der Waals surface area contributed by atoms with E-state index in [-0.39, 0.29) is 22.0 Å². The lowest BCUT2D eigenvalue weighted by atomic mass is 10.1. The Hall–Kier alpha value is -3.36. The quantitative estimate of drug-likeness (QED) is 0.374. The van der Waals surface area contributed by atoms with Crippen molar-refractivity contribution >= 4 is 21.0 Å². The third-order valence-electron chi connectivity index (χ3n) is 4.28. The zero-order valence-electron chi connectivity index (χ0n) is 16.9. The highest BCUT2D eigenvalue weighted by Crippen LogP contribution is 2.35. The van der Waals surface area contributed by atoms with E-state index < -0.39 is 46.8 Å². The summed E-state index contributed by atoms with van der Waals surface area (Å²) in [5.74, 6) is -5.12. The van der Waals surface area contributed by atoms with Gasteiger partial charge in [0.2, 0.25) is 5.75 Å². The van der Waals surface area contributed by atoms with Crippen LogP contribution in [0.2, 0.25) is 5.02 Å². The molecule has 0 aliphatic heterocycles. The molecule has 3 aromatic rings. The monoisotopic (exact) mass is 519 g/mol. The molecule has 0 fully saturated rings. The van der Waals surface area contributed by atoms with E-state index in [9.17, 15) is 31.5 Å². The van der Waals surface area contributed by atoms with E-state index in [0.717, 1.165) is 18.2 Å². The summed E-state index contributed by atoms with van der Waals surface area (Å²) in [6.07, 6.45) is -4.55. The van der Waals surface area contributed by atoms with Gasteiger partial charge in [-0.15, -0.1) is 0 Å².